The highest BCUT2D eigenvalue weighted by Crippen LogP contribution is 2.01. The Morgan fingerprint density at radius 3 is 2.20 bits per heavy atom. The lowest BCUT2D eigenvalue weighted by atomic mass is 10.2. The lowest BCUT2D eigenvalue weighted by Crippen LogP contribution is -3.00. The SMILES string of the molecule is CCOCCOCCOCC(O)C[S+](C)CC[C@H](N)C(=O)O.Cl.S.[Cl-]. The quantitative estimate of drug-likeness (QED) is 0.182. The Morgan fingerprint density at radius 2 is 1.68 bits per heavy atom. The first-order valence-electron chi connectivity index (χ1n) is 7.46. The lowest BCUT2D eigenvalue weighted by Gasteiger charge is -2.12. The van der Waals surface area contributed by atoms with Crippen LogP contribution in [0.25, 0.3) is 0 Å². The molecule has 0 fully saturated rings. The normalized spacial score (nSPS) is 13.6. The van der Waals surface area contributed by atoms with Gasteiger partial charge in [-0.3, -0.25) is 4.79 Å². The zero-order valence-corrected chi connectivity index (χ0v) is 18.2. The van der Waals surface area contributed by atoms with Crippen LogP contribution in [0.4, 0.5) is 0 Å². The van der Waals surface area contributed by atoms with Gasteiger partial charge in [0.05, 0.1) is 39.3 Å². The van der Waals surface area contributed by atoms with Crippen LogP contribution >= 0.6 is 25.9 Å². The molecule has 0 saturated carbocycles. The van der Waals surface area contributed by atoms with Crippen LogP contribution in [0.1, 0.15) is 13.3 Å². The monoisotopic (exact) mass is 445 g/mol. The van der Waals surface area contributed by atoms with E-state index in [0.717, 1.165) is 0 Å². The van der Waals surface area contributed by atoms with Crippen molar-refractivity contribution in [1.82, 2.24) is 0 Å². The van der Waals surface area contributed by atoms with Crippen LogP contribution in [-0.4, -0.2) is 85.7 Å². The second kappa shape index (κ2) is 22.6. The zero-order valence-electron chi connectivity index (χ0n) is 14.8. The summed E-state index contributed by atoms with van der Waals surface area (Å²) in [7, 11) is -0.0710. The van der Waals surface area contributed by atoms with Crippen LogP contribution in [0.15, 0.2) is 0 Å². The molecule has 4 N–H and O–H groups in total. The molecule has 0 aliphatic heterocycles. The number of hydrogen-bond donors (Lipinski definition) is 3. The van der Waals surface area contributed by atoms with Crippen LogP contribution in [0, 0.1) is 0 Å². The van der Waals surface area contributed by atoms with E-state index in [-0.39, 0.29) is 55.8 Å². The maximum absolute atomic E-state index is 10.6. The van der Waals surface area contributed by atoms with Gasteiger partial charge in [0.1, 0.15) is 23.7 Å². The summed E-state index contributed by atoms with van der Waals surface area (Å²) in [6, 6.07) is -0.822. The third kappa shape index (κ3) is 22.5. The number of halogens is 2. The molecule has 25 heavy (non-hydrogen) atoms. The Morgan fingerprint density at radius 1 is 1.16 bits per heavy atom. The molecule has 0 spiro atoms. The molecule has 0 aliphatic carbocycles. The highest BCUT2D eigenvalue weighted by Gasteiger charge is 2.21. The van der Waals surface area contributed by atoms with Crippen molar-refractivity contribution in [2.24, 2.45) is 5.73 Å². The Balaban J connectivity index is -0.000000735. The largest absolute Gasteiger partial charge is 1.00 e. The van der Waals surface area contributed by atoms with E-state index >= 15 is 0 Å². The van der Waals surface area contributed by atoms with E-state index in [9.17, 15) is 9.90 Å². The van der Waals surface area contributed by atoms with Gasteiger partial charge in [-0.25, -0.2) is 0 Å². The number of aliphatic hydroxyl groups is 1. The van der Waals surface area contributed by atoms with Crippen LogP contribution < -0.4 is 18.1 Å². The fourth-order valence-corrected chi connectivity index (χ4v) is 3.19. The summed E-state index contributed by atoms with van der Waals surface area (Å²) >= 11 is 0. The average Bonchev–Trinajstić information content (AvgIpc) is 2.47. The van der Waals surface area contributed by atoms with E-state index in [1.807, 2.05) is 13.2 Å². The van der Waals surface area contributed by atoms with Crippen molar-refractivity contribution in [3.05, 3.63) is 0 Å². The Kier molecular flexibility index (Phi) is 30.0. The van der Waals surface area contributed by atoms with Crippen LogP contribution in [0.3, 0.4) is 0 Å². The van der Waals surface area contributed by atoms with Crippen LogP contribution in [0.5, 0.6) is 0 Å². The van der Waals surface area contributed by atoms with Gasteiger partial charge in [-0.15, -0.1) is 12.4 Å². The summed E-state index contributed by atoms with van der Waals surface area (Å²) in [4.78, 5) is 10.6. The standard InChI is InChI=1S/C14H29NO6S.2ClH.H2S/c1-3-19-5-6-20-7-8-21-10-12(16)11-22(2)9-4-13(15)14(17)18;;;/h12-13,16H,3-11,15H2,1-2H3;2*1H;1H2/t12?,13-,22?;;;/m0.../s1. The highest BCUT2D eigenvalue weighted by atomic mass is 35.5. The summed E-state index contributed by atoms with van der Waals surface area (Å²) in [6.07, 6.45) is 1.88. The number of carboxylic acid groups (broad SMARTS) is 1. The second-order valence-electron chi connectivity index (χ2n) is 4.92. The van der Waals surface area contributed by atoms with Crippen LogP contribution in [0.2, 0.25) is 0 Å². The molecule has 0 aromatic rings. The third-order valence-corrected chi connectivity index (χ3v) is 4.72. The molecule has 3 atom stereocenters. The molecule has 0 aliphatic rings. The van der Waals surface area contributed by atoms with E-state index in [0.29, 0.717) is 51.0 Å². The Labute approximate surface area is 173 Å². The number of carbonyl (C=O) groups is 1. The molecule has 0 heterocycles. The van der Waals surface area contributed by atoms with Gasteiger partial charge in [0, 0.05) is 13.0 Å². The van der Waals surface area contributed by atoms with Gasteiger partial charge < -0.3 is 42.6 Å². The molecular formula is C14H33Cl2NO6S2. The predicted molar refractivity (Wildman–Crippen MR) is 105 cm³/mol. The number of aliphatic hydroxyl groups excluding tert-OH is 1. The number of rotatable bonds is 15. The molecule has 0 aromatic heterocycles. The van der Waals surface area contributed by atoms with Crippen molar-refractivity contribution in [3.63, 3.8) is 0 Å². The predicted octanol–water partition coefficient (Wildman–Crippen LogP) is -2.99. The van der Waals surface area contributed by atoms with Gasteiger partial charge >= 0.3 is 5.97 Å². The van der Waals surface area contributed by atoms with E-state index in [2.05, 4.69) is 0 Å². The smallest absolute Gasteiger partial charge is 0.320 e. The van der Waals surface area contributed by atoms with E-state index in [1.165, 1.54) is 0 Å². The third-order valence-electron chi connectivity index (χ3n) is 2.83. The Hall–Kier alpha value is 0.550. The van der Waals surface area contributed by atoms with Gasteiger partial charge in [0.15, 0.2) is 0 Å². The average molecular weight is 446 g/mol. The van der Waals surface area contributed by atoms with Gasteiger partial charge in [0.25, 0.3) is 0 Å². The summed E-state index contributed by atoms with van der Waals surface area (Å²) in [5, 5.41) is 18.5. The maximum atomic E-state index is 10.6. The van der Waals surface area contributed by atoms with E-state index in [1.54, 1.807) is 0 Å². The molecule has 2 unspecified atom stereocenters. The topological polar surface area (TPSA) is 111 Å². The first-order chi connectivity index (χ1) is 10.5. The fourth-order valence-electron chi connectivity index (χ4n) is 1.61. The molecule has 0 bridgehead atoms. The number of aliphatic carboxylic acids is 1. The van der Waals surface area contributed by atoms with Crippen molar-refractivity contribution in [2.45, 2.75) is 25.5 Å². The van der Waals surface area contributed by atoms with Crippen molar-refractivity contribution < 1.29 is 41.6 Å². The number of nitrogens with two attached hydrogens (primary N) is 1. The molecule has 0 amide bonds. The summed E-state index contributed by atoms with van der Waals surface area (Å²) in [5.74, 6) is 0.313. The molecular weight excluding hydrogens is 413 g/mol. The molecule has 0 rings (SSSR count). The van der Waals surface area contributed by atoms with Gasteiger partial charge in [-0.2, -0.15) is 13.5 Å². The van der Waals surface area contributed by atoms with Crippen molar-refractivity contribution in [3.8, 4) is 0 Å². The van der Waals surface area contributed by atoms with Crippen LogP contribution in [-0.2, 0) is 29.9 Å². The molecule has 156 valence electrons. The molecule has 0 aromatic carbocycles. The van der Waals surface area contributed by atoms with E-state index < -0.39 is 18.1 Å². The van der Waals surface area contributed by atoms with E-state index in [4.69, 9.17) is 25.1 Å². The minimum atomic E-state index is -0.981. The van der Waals surface area contributed by atoms with Crippen molar-refractivity contribution in [1.29, 1.82) is 0 Å². The Bertz CT molecular complexity index is 296. The van der Waals surface area contributed by atoms with Gasteiger partial charge in [0.2, 0.25) is 0 Å². The number of carboxylic acids is 1. The number of ether oxygens (including phenoxy) is 3. The van der Waals surface area contributed by atoms with Gasteiger partial charge in [-0.05, 0) is 17.8 Å². The van der Waals surface area contributed by atoms with Crippen molar-refractivity contribution >= 4 is 42.8 Å². The number of hydrogen-bond acceptors (Lipinski definition) is 6. The maximum Gasteiger partial charge on any atom is 0.320 e. The summed E-state index contributed by atoms with van der Waals surface area (Å²) in [5.41, 5.74) is 5.45. The zero-order chi connectivity index (χ0) is 16.8. The molecule has 0 radical (unpaired) electrons. The fraction of sp³-hybridized carbons (Fsp3) is 0.929. The summed E-state index contributed by atoms with van der Waals surface area (Å²) in [6.45, 7) is 4.91. The first kappa shape index (κ1) is 33.2. The van der Waals surface area contributed by atoms with Gasteiger partial charge in [-0.1, -0.05) is 0 Å². The molecule has 0 saturated heterocycles. The van der Waals surface area contributed by atoms with Crippen molar-refractivity contribution in [2.75, 3.05) is 57.4 Å². The lowest BCUT2D eigenvalue weighted by molar-refractivity contribution is -0.138. The molecule has 11 heteroatoms. The first-order valence-corrected chi connectivity index (χ1v) is 9.43. The minimum Gasteiger partial charge on any atom is -1.00 e. The summed E-state index contributed by atoms with van der Waals surface area (Å²) < 4.78 is 15.7. The molecule has 7 nitrogen and oxygen atoms in total. The minimum absolute atomic E-state index is 0. The second-order valence-corrected chi connectivity index (χ2v) is 7.23. The highest BCUT2D eigenvalue weighted by molar-refractivity contribution is 7.96.